The summed E-state index contributed by atoms with van der Waals surface area (Å²) in [5, 5.41) is 7.33. The summed E-state index contributed by atoms with van der Waals surface area (Å²) in [5.41, 5.74) is 3.58. The number of ether oxygens (including phenoxy) is 1. The third-order valence-corrected chi connectivity index (χ3v) is 5.94. The average molecular weight is 624 g/mol. The molecule has 2 N–H and O–H groups in total. The Labute approximate surface area is 220 Å². The Morgan fingerprint density at radius 1 is 1.11 bits per heavy atom. The van der Waals surface area contributed by atoms with Crippen LogP contribution in [0.2, 0.25) is 5.02 Å². The minimum absolute atomic E-state index is 0.0592. The van der Waals surface area contributed by atoms with E-state index in [1.54, 1.807) is 30.3 Å². The summed E-state index contributed by atoms with van der Waals surface area (Å²) < 4.78 is 26.2. The molecule has 7 nitrogen and oxygen atoms in total. The third-order valence-electron chi connectivity index (χ3n) is 4.60. The lowest BCUT2D eigenvalue weighted by molar-refractivity contribution is -0.118. The van der Waals surface area contributed by atoms with Crippen molar-refractivity contribution in [1.29, 1.82) is 0 Å². The first-order chi connectivity index (χ1) is 16.8. The smallest absolute Gasteiger partial charge is 0.307 e. The summed E-state index contributed by atoms with van der Waals surface area (Å²) in [4.78, 5) is 24.4. The number of anilines is 1. The summed E-state index contributed by atoms with van der Waals surface area (Å²) in [5.74, 6) is -1.24. The van der Waals surface area contributed by atoms with Gasteiger partial charge in [-0.2, -0.15) is 5.10 Å². The van der Waals surface area contributed by atoms with Gasteiger partial charge in [-0.1, -0.05) is 39.7 Å². The van der Waals surface area contributed by atoms with E-state index in [0.717, 1.165) is 9.86 Å². The number of benzene rings is 3. The number of rotatable bonds is 7. The molecule has 35 heavy (non-hydrogen) atoms. The molecule has 0 spiro atoms. The van der Waals surface area contributed by atoms with Crippen molar-refractivity contribution < 1.29 is 23.1 Å². The lowest BCUT2D eigenvalue weighted by Crippen LogP contribution is -2.20. The molecule has 0 atom stereocenters. The molecular weight excluding hydrogens is 609 g/mol. The molecule has 11 heteroatoms. The average Bonchev–Trinajstić information content (AvgIpc) is 3.25. The summed E-state index contributed by atoms with van der Waals surface area (Å²) in [6.45, 7) is -0.359. The molecule has 0 aliphatic carbocycles. The van der Waals surface area contributed by atoms with Gasteiger partial charge in [-0.15, -0.1) is 0 Å². The number of halogens is 4. The summed E-state index contributed by atoms with van der Waals surface area (Å²) in [6.07, 6.45) is 1.40. The molecular formula is C24H15Br2ClFN3O4. The van der Waals surface area contributed by atoms with E-state index >= 15 is 0 Å². The zero-order chi connectivity index (χ0) is 24.9. The molecule has 0 aliphatic heterocycles. The van der Waals surface area contributed by atoms with Gasteiger partial charge in [0.15, 0.2) is 12.4 Å². The van der Waals surface area contributed by atoms with Crippen LogP contribution in [0.25, 0.3) is 11.0 Å². The van der Waals surface area contributed by atoms with Crippen molar-refractivity contribution in [2.45, 2.75) is 0 Å². The fourth-order valence-corrected chi connectivity index (χ4v) is 4.60. The largest absolute Gasteiger partial charge is 0.482 e. The van der Waals surface area contributed by atoms with Crippen LogP contribution in [-0.2, 0) is 4.79 Å². The van der Waals surface area contributed by atoms with Gasteiger partial charge in [-0.25, -0.2) is 9.82 Å². The van der Waals surface area contributed by atoms with Crippen molar-refractivity contribution in [1.82, 2.24) is 5.43 Å². The van der Waals surface area contributed by atoms with Crippen LogP contribution in [0.1, 0.15) is 16.1 Å². The molecule has 0 radical (unpaired) electrons. The molecule has 3 aromatic carbocycles. The molecule has 1 aromatic heterocycles. The van der Waals surface area contributed by atoms with Gasteiger partial charge in [0.05, 0.1) is 21.4 Å². The predicted molar refractivity (Wildman–Crippen MR) is 139 cm³/mol. The van der Waals surface area contributed by atoms with E-state index in [1.165, 1.54) is 24.4 Å². The molecule has 0 fully saturated rings. The SMILES string of the molecule is O=C(COc1ccc(/C=N\NC(=O)c2cc3cc(Br)cc(Br)c3o2)cc1Cl)Nc1ccccc1F. The fraction of sp³-hybridized carbons (Fsp3) is 0.0417. The number of nitrogens with one attached hydrogen (secondary N) is 2. The van der Waals surface area contributed by atoms with E-state index < -0.39 is 17.6 Å². The number of carbonyl (C=O) groups is 2. The first kappa shape index (κ1) is 24.9. The third kappa shape index (κ3) is 6.27. The van der Waals surface area contributed by atoms with E-state index in [-0.39, 0.29) is 28.8 Å². The van der Waals surface area contributed by atoms with Gasteiger partial charge in [0.2, 0.25) is 0 Å². The molecule has 0 saturated heterocycles. The highest BCUT2D eigenvalue weighted by molar-refractivity contribution is 9.11. The standard InChI is InChI=1S/C24H15Br2ClFN3O4/c25-15-8-14-9-21(35-23(14)16(26)10-15)24(33)31-29-11-13-5-6-20(17(27)7-13)34-12-22(32)30-19-4-2-1-3-18(19)28/h1-11H,12H2,(H,30,32)(H,31,33)/b29-11-. The second kappa shape index (κ2) is 11.0. The topological polar surface area (TPSA) is 92.9 Å². The van der Waals surface area contributed by atoms with E-state index in [9.17, 15) is 14.0 Å². The van der Waals surface area contributed by atoms with E-state index in [2.05, 4.69) is 47.7 Å². The number of hydrogen-bond donors (Lipinski definition) is 2. The van der Waals surface area contributed by atoms with Crippen LogP contribution >= 0.6 is 43.5 Å². The highest BCUT2D eigenvalue weighted by Gasteiger charge is 2.14. The Morgan fingerprint density at radius 3 is 2.69 bits per heavy atom. The van der Waals surface area contributed by atoms with Gasteiger partial charge in [-0.3, -0.25) is 9.59 Å². The minimum Gasteiger partial charge on any atom is -0.482 e. The number of amides is 2. The van der Waals surface area contributed by atoms with Crippen molar-refractivity contribution in [3.8, 4) is 5.75 Å². The zero-order valence-electron chi connectivity index (χ0n) is 17.7. The number of nitrogens with zero attached hydrogens (tertiary/aromatic N) is 1. The monoisotopic (exact) mass is 621 g/mol. The summed E-state index contributed by atoms with van der Waals surface area (Å²) in [7, 11) is 0. The van der Waals surface area contributed by atoms with Crippen molar-refractivity contribution in [2.75, 3.05) is 11.9 Å². The highest BCUT2D eigenvalue weighted by atomic mass is 79.9. The van der Waals surface area contributed by atoms with Gasteiger partial charge in [0.1, 0.15) is 17.1 Å². The Morgan fingerprint density at radius 2 is 1.91 bits per heavy atom. The molecule has 4 rings (SSSR count). The Bertz CT molecular complexity index is 1460. The van der Waals surface area contributed by atoms with E-state index in [0.29, 0.717) is 15.6 Å². The minimum atomic E-state index is -0.545. The Balaban J connectivity index is 1.33. The molecule has 0 aliphatic rings. The maximum atomic E-state index is 13.6. The second-order valence-corrected chi connectivity index (χ2v) is 9.30. The first-order valence-electron chi connectivity index (χ1n) is 9.99. The Hall–Kier alpha value is -3.21. The van der Waals surface area contributed by atoms with Crippen LogP contribution in [0.3, 0.4) is 0 Å². The molecule has 178 valence electrons. The first-order valence-corrected chi connectivity index (χ1v) is 12.0. The molecule has 4 aromatic rings. The van der Waals surface area contributed by atoms with E-state index in [1.807, 2.05) is 12.1 Å². The predicted octanol–water partition coefficient (Wildman–Crippen LogP) is 6.53. The fourth-order valence-electron chi connectivity index (χ4n) is 3.01. The van der Waals surface area contributed by atoms with Crippen LogP contribution in [0.4, 0.5) is 10.1 Å². The van der Waals surface area contributed by atoms with Crippen LogP contribution in [0.15, 0.2) is 79.1 Å². The van der Waals surface area contributed by atoms with Crippen LogP contribution in [-0.4, -0.2) is 24.6 Å². The van der Waals surface area contributed by atoms with Crippen molar-refractivity contribution in [2.24, 2.45) is 5.10 Å². The van der Waals surface area contributed by atoms with E-state index in [4.69, 9.17) is 20.8 Å². The Kier molecular flexibility index (Phi) is 7.84. The lowest BCUT2D eigenvalue weighted by atomic mass is 10.2. The van der Waals surface area contributed by atoms with Crippen molar-refractivity contribution in [3.05, 3.63) is 91.8 Å². The maximum absolute atomic E-state index is 13.6. The van der Waals surface area contributed by atoms with Gasteiger partial charge in [0.25, 0.3) is 5.91 Å². The number of hydrogen-bond acceptors (Lipinski definition) is 5. The summed E-state index contributed by atoms with van der Waals surface area (Å²) in [6, 6.07) is 15.8. The zero-order valence-corrected chi connectivity index (χ0v) is 21.6. The molecule has 0 saturated carbocycles. The van der Waals surface area contributed by atoms with Gasteiger partial charge in [-0.05, 0) is 70.0 Å². The summed E-state index contributed by atoms with van der Waals surface area (Å²) >= 11 is 13.0. The number of hydrazone groups is 1. The van der Waals surface area contributed by atoms with Crippen molar-refractivity contribution in [3.63, 3.8) is 0 Å². The number of carbonyl (C=O) groups excluding carboxylic acids is 2. The normalized spacial score (nSPS) is 11.1. The maximum Gasteiger partial charge on any atom is 0.307 e. The molecule has 0 unspecified atom stereocenters. The second-order valence-electron chi connectivity index (χ2n) is 7.12. The molecule has 1 heterocycles. The van der Waals surface area contributed by atoms with Gasteiger partial charge < -0.3 is 14.5 Å². The number of para-hydroxylation sites is 1. The van der Waals surface area contributed by atoms with Gasteiger partial charge >= 0.3 is 5.91 Å². The lowest BCUT2D eigenvalue weighted by Gasteiger charge is -2.09. The quantitative estimate of drug-likeness (QED) is 0.181. The number of furan rings is 1. The molecule has 0 bridgehead atoms. The highest BCUT2D eigenvalue weighted by Crippen LogP contribution is 2.31. The number of fused-ring (bicyclic) bond motifs is 1. The van der Waals surface area contributed by atoms with Crippen LogP contribution in [0.5, 0.6) is 5.75 Å². The molecule has 2 amide bonds. The van der Waals surface area contributed by atoms with Crippen LogP contribution in [0, 0.1) is 5.82 Å². The van der Waals surface area contributed by atoms with Crippen molar-refractivity contribution >= 4 is 78.1 Å². The van der Waals surface area contributed by atoms with Crippen LogP contribution < -0.4 is 15.5 Å². The van der Waals surface area contributed by atoms with Gasteiger partial charge in [0, 0.05) is 9.86 Å².